The highest BCUT2D eigenvalue weighted by atomic mass is 16.3. The van der Waals surface area contributed by atoms with Gasteiger partial charge in [-0.15, -0.1) is 0 Å². The number of hydrogen-bond donors (Lipinski definition) is 3. The molecule has 2 rings (SSSR count). The fraction of sp³-hybridized carbons (Fsp3) is 0.625. The predicted octanol–water partition coefficient (Wildman–Crippen LogP) is 0.113. The van der Waals surface area contributed by atoms with Crippen LogP contribution < -0.4 is 5.32 Å². The molecule has 2 atom stereocenters. The topological polar surface area (TPSA) is 60.9 Å². The van der Waals surface area contributed by atoms with Gasteiger partial charge in [-0.2, -0.15) is 5.10 Å². The maximum Gasteiger partial charge on any atom is 0.0762 e. The van der Waals surface area contributed by atoms with Gasteiger partial charge < -0.3 is 10.4 Å². The van der Waals surface area contributed by atoms with Gasteiger partial charge in [0.1, 0.15) is 0 Å². The van der Waals surface area contributed by atoms with Crippen molar-refractivity contribution in [3.63, 3.8) is 0 Å². The zero-order valence-corrected chi connectivity index (χ0v) is 7.04. The van der Waals surface area contributed by atoms with Crippen molar-refractivity contribution in [2.45, 2.75) is 25.5 Å². The van der Waals surface area contributed by atoms with Crippen molar-refractivity contribution >= 4 is 0 Å². The molecular weight excluding hydrogens is 154 g/mol. The number of aromatic nitrogens is 2. The van der Waals surface area contributed by atoms with Crippen molar-refractivity contribution in [1.29, 1.82) is 0 Å². The lowest BCUT2D eigenvalue weighted by molar-refractivity contribution is 0.158. The first-order valence-electron chi connectivity index (χ1n) is 4.20. The second-order valence-corrected chi connectivity index (χ2v) is 3.25. The average Bonchev–Trinajstić information content (AvgIpc) is 2.59. The van der Waals surface area contributed by atoms with Crippen LogP contribution in [0.5, 0.6) is 0 Å². The Kier molecular flexibility index (Phi) is 1.86. The van der Waals surface area contributed by atoms with Crippen molar-refractivity contribution in [2.24, 2.45) is 0 Å². The summed E-state index contributed by atoms with van der Waals surface area (Å²) in [6, 6.07) is 0.0486. The molecule has 1 saturated heterocycles. The summed E-state index contributed by atoms with van der Waals surface area (Å²) in [5, 5.41) is 19.6. The lowest BCUT2D eigenvalue weighted by atomic mass is 10.1. The Labute approximate surface area is 71.0 Å². The molecule has 1 aromatic rings. The highest BCUT2D eigenvalue weighted by molar-refractivity contribution is 5.20. The average molecular weight is 167 g/mol. The van der Waals surface area contributed by atoms with Crippen LogP contribution in [0.3, 0.4) is 0 Å². The number of aliphatic hydroxyl groups is 1. The largest absolute Gasteiger partial charge is 0.391 e. The van der Waals surface area contributed by atoms with Crippen LogP contribution in [-0.4, -0.2) is 28.0 Å². The van der Waals surface area contributed by atoms with Gasteiger partial charge in [0.2, 0.25) is 0 Å². The summed E-state index contributed by atoms with van der Waals surface area (Å²) in [6.45, 7) is 2.87. The number of nitrogens with zero attached hydrogens (tertiary/aromatic N) is 1. The molecule has 12 heavy (non-hydrogen) atoms. The number of aromatic amines is 1. The SMILES string of the molecule is Cc1cn[nH]c1C1NCCC1O. The fourth-order valence-electron chi connectivity index (χ4n) is 1.66. The van der Waals surface area contributed by atoms with E-state index >= 15 is 0 Å². The number of hydrogen-bond acceptors (Lipinski definition) is 3. The third-order valence-electron chi connectivity index (χ3n) is 2.37. The lowest BCUT2D eigenvalue weighted by Crippen LogP contribution is -2.22. The highest BCUT2D eigenvalue weighted by Crippen LogP contribution is 2.23. The van der Waals surface area contributed by atoms with E-state index in [1.54, 1.807) is 6.20 Å². The van der Waals surface area contributed by atoms with Crippen molar-refractivity contribution in [3.8, 4) is 0 Å². The van der Waals surface area contributed by atoms with E-state index < -0.39 is 0 Å². The molecular formula is C8H13N3O. The predicted molar refractivity (Wildman–Crippen MR) is 44.7 cm³/mol. The minimum atomic E-state index is -0.274. The van der Waals surface area contributed by atoms with Crippen LogP contribution in [-0.2, 0) is 0 Å². The van der Waals surface area contributed by atoms with Crippen LogP contribution in [0.2, 0.25) is 0 Å². The minimum absolute atomic E-state index is 0.0486. The van der Waals surface area contributed by atoms with E-state index in [0.29, 0.717) is 0 Å². The second kappa shape index (κ2) is 2.88. The molecule has 0 spiro atoms. The normalized spacial score (nSPS) is 29.5. The smallest absolute Gasteiger partial charge is 0.0762 e. The number of rotatable bonds is 1. The summed E-state index contributed by atoms with van der Waals surface area (Å²) in [7, 11) is 0. The molecule has 0 aromatic carbocycles. The van der Waals surface area contributed by atoms with Crippen LogP contribution >= 0.6 is 0 Å². The van der Waals surface area contributed by atoms with Gasteiger partial charge in [-0.25, -0.2) is 0 Å². The molecule has 2 unspecified atom stereocenters. The Morgan fingerprint density at radius 1 is 1.67 bits per heavy atom. The number of H-pyrrole nitrogens is 1. The third kappa shape index (κ3) is 1.13. The van der Waals surface area contributed by atoms with E-state index in [0.717, 1.165) is 24.2 Å². The van der Waals surface area contributed by atoms with Crippen LogP contribution in [0.1, 0.15) is 23.7 Å². The van der Waals surface area contributed by atoms with Crippen LogP contribution in [0, 0.1) is 6.92 Å². The summed E-state index contributed by atoms with van der Waals surface area (Å²) in [5.74, 6) is 0. The first-order chi connectivity index (χ1) is 5.79. The highest BCUT2D eigenvalue weighted by Gasteiger charge is 2.28. The Morgan fingerprint density at radius 2 is 2.50 bits per heavy atom. The van der Waals surface area contributed by atoms with Crippen LogP contribution in [0.15, 0.2) is 6.20 Å². The van der Waals surface area contributed by atoms with Gasteiger partial charge in [0, 0.05) is 0 Å². The van der Waals surface area contributed by atoms with Gasteiger partial charge in [-0.05, 0) is 25.5 Å². The summed E-state index contributed by atoms with van der Waals surface area (Å²) in [5.41, 5.74) is 2.12. The Morgan fingerprint density at radius 3 is 3.00 bits per heavy atom. The third-order valence-corrected chi connectivity index (χ3v) is 2.37. The van der Waals surface area contributed by atoms with E-state index in [2.05, 4.69) is 15.5 Å². The molecule has 1 fully saturated rings. The zero-order chi connectivity index (χ0) is 8.55. The molecule has 4 heteroatoms. The second-order valence-electron chi connectivity index (χ2n) is 3.25. The molecule has 0 saturated carbocycles. The molecule has 1 aliphatic heterocycles. The van der Waals surface area contributed by atoms with Crippen LogP contribution in [0.4, 0.5) is 0 Å². The zero-order valence-electron chi connectivity index (χ0n) is 7.04. The first-order valence-corrected chi connectivity index (χ1v) is 4.20. The number of nitrogens with one attached hydrogen (secondary N) is 2. The first kappa shape index (κ1) is 7.76. The van der Waals surface area contributed by atoms with Gasteiger partial charge in [0.15, 0.2) is 0 Å². The van der Waals surface area contributed by atoms with Gasteiger partial charge in [0.05, 0.1) is 24.0 Å². The minimum Gasteiger partial charge on any atom is -0.391 e. The van der Waals surface area contributed by atoms with Crippen molar-refractivity contribution in [3.05, 3.63) is 17.5 Å². The lowest BCUT2D eigenvalue weighted by Gasteiger charge is -2.13. The van der Waals surface area contributed by atoms with E-state index in [1.165, 1.54) is 0 Å². The molecule has 1 aromatic heterocycles. The monoisotopic (exact) mass is 167 g/mol. The standard InChI is InChI=1S/C8H13N3O/c1-5-4-10-11-7(5)8-6(12)2-3-9-8/h4,6,8-9,12H,2-3H2,1H3,(H,10,11). The molecule has 2 heterocycles. The summed E-state index contributed by atoms with van der Waals surface area (Å²) in [4.78, 5) is 0. The van der Waals surface area contributed by atoms with E-state index in [9.17, 15) is 5.11 Å². The Bertz CT molecular complexity index is 271. The van der Waals surface area contributed by atoms with Crippen molar-refractivity contribution in [2.75, 3.05) is 6.54 Å². The summed E-state index contributed by atoms with van der Waals surface area (Å²) >= 11 is 0. The van der Waals surface area contributed by atoms with E-state index in [-0.39, 0.29) is 12.1 Å². The van der Waals surface area contributed by atoms with Crippen LogP contribution in [0.25, 0.3) is 0 Å². The molecule has 0 amide bonds. The summed E-state index contributed by atoms with van der Waals surface area (Å²) < 4.78 is 0. The molecule has 0 bridgehead atoms. The maximum absolute atomic E-state index is 9.57. The van der Waals surface area contributed by atoms with Crippen molar-refractivity contribution in [1.82, 2.24) is 15.5 Å². The Hall–Kier alpha value is -0.870. The van der Waals surface area contributed by atoms with Gasteiger partial charge in [-0.1, -0.05) is 0 Å². The molecule has 4 nitrogen and oxygen atoms in total. The van der Waals surface area contributed by atoms with Gasteiger partial charge >= 0.3 is 0 Å². The van der Waals surface area contributed by atoms with E-state index in [1.807, 2.05) is 6.92 Å². The molecule has 1 aliphatic rings. The number of aliphatic hydroxyl groups excluding tert-OH is 1. The number of aryl methyl sites for hydroxylation is 1. The molecule has 3 N–H and O–H groups in total. The van der Waals surface area contributed by atoms with Gasteiger partial charge in [-0.3, -0.25) is 5.10 Å². The van der Waals surface area contributed by atoms with Gasteiger partial charge in [0.25, 0.3) is 0 Å². The molecule has 0 aliphatic carbocycles. The van der Waals surface area contributed by atoms with E-state index in [4.69, 9.17) is 0 Å². The fourth-order valence-corrected chi connectivity index (χ4v) is 1.66. The quantitative estimate of drug-likeness (QED) is 0.556. The molecule has 0 radical (unpaired) electrons. The Balaban J connectivity index is 2.24. The maximum atomic E-state index is 9.57. The molecule has 66 valence electrons. The summed E-state index contributed by atoms with van der Waals surface area (Å²) in [6.07, 6.45) is 2.33. The van der Waals surface area contributed by atoms with Crippen molar-refractivity contribution < 1.29 is 5.11 Å².